The predicted molar refractivity (Wildman–Crippen MR) is 94.7 cm³/mol. The summed E-state index contributed by atoms with van der Waals surface area (Å²) in [6, 6.07) is 7.36. The smallest absolute Gasteiger partial charge is 0.287 e. The molecule has 4 nitrogen and oxygen atoms in total. The summed E-state index contributed by atoms with van der Waals surface area (Å²) in [6.07, 6.45) is 3.93. The molecule has 1 aliphatic rings. The van der Waals surface area contributed by atoms with Crippen molar-refractivity contribution in [1.82, 2.24) is 9.78 Å². The Morgan fingerprint density at radius 1 is 1.17 bits per heavy atom. The molecule has 0 atom stereocenters. The van der Waals surface area contributed by atoms with E-state index in [0.717, 1.165) is 43.1 Å². The normalized spacial score (nSPS) is 15.9. The van der Waals surface area contributed by atoms with Crippen LogP contribution in [0.1, 0.15) is 25.3 Å². The Bertz CT molecular complexity index is 734. The van der Waals surface area contributed by atoms with Crippen LogP contribution in [0.2, 0.25) is 10.0 Å². The van der Waals surface area contributed by atoms with E-state index in [1.807, 2.05) is 12.1 Å². The zero-order valence-corrected chi connectivity index (χ0v) is 14.5. The molecule has 1 saturated heterocycles. The molecule has 2 aromatic rings. The lowest BCUT2D eigenvalue weighted by molar-refractivity contribution is 0.437. The third-order valence-electron chi connectivity index (χ3n) is 4.34. The lowest BCUT2D eigenvalue weighted by atomic mass is 9.99. The molecule has 0 N–H and O–H groups in total. The molecule has 0 bridgehead atoms. The van der Waals surface area contributed by atoms with Crippen LogP contribution in [-0.4, -0.2) is 22.9 Å². The Balaban J connectivity index is 1.83. The summed E-state index contributed by atoms with van der Waals surface area (Å²) in [6.45, 7) is 4.47. The quantitative estimate of drug-likeness (QED) is 0.843. The molecule has 0 aliphatic carbocycles. The fraction of sp³-hybridized carbons (Fsp3) is 0.412. The fourth-order valence-electron chi connectivity index (χ4n) is 2.80. The van der Waals surface area contributed by atoms with E-state index in [1.54, 1.807) is 18.3 Å². The number of anilines is 1. The van der Waals surface area contributed by atoms with Crippen LogP contribution in [0.4, 0.5) is 5.69 Å². The first-order chi connectivity index (χ1) is 11.0. The summed E-state index contributed by atoms with van der Waals surface area (Å²) in [5.41, 5.74) is 1.45. The summed E-state index contributed by atoms with van der Waals surface area (Å²) in [5, 5.41) is 5.22. The molecule has 0 unspecified atom stereocenters. The van der Waals surface area contributed by atoms with E-state index in [-0.39, 0.29) is 10.6 Å². The Hall–Kier alpha value is -1.52. The lowest BCUT2D eigenvalue weighted by Gasteiger charge is -2.32. The number of piperidine rings is 1. The minimum atomic E-state index is -0.252. The van der Waals surface area contributed by atoms with Gasteiger partial charge in [0.05, 0.1) is 18.4 Å². The van der Waals surface area contributed by atoms with Gasteiger partial charge in [0.2, 0.25) is 0 Å². The Morgan fingerprint density at radius 2 is 1.83 bits per heavy atom. The monoisotopic (exact) mass is 351 g/mol. The fourth-order valence-corrected chi connectivity index (χ4v) is 3.19. The van der Waals surface area contributed by atoms with Crippen LogP contribution in [0.5, 0.6) is 0 Å². The van der Waals surface area contributed by atoms with Gasteiger partial charge in [0.15, 0.2) is 0 Å². The van der Waals surface area contributed by atoms with Crippen molar-refractivity contribution in [1.29, 1.82) is 0 Å². The van der Waals surface area contributed by atoms with Crippen molar-refractivity contribution in [3.8, 4) is 0 Å². The average Bonchev–Trinajstić information content (AvgIpc) is 2.55. The van der Waals surface area contributed by atoms with Crippen molar-refractivity contribution < 1.29 is 0 Å². The third kappa shape index (κ3) is 3.70. The van der Waals surface area contributed by atoms with Crippen LogP contribution >= 0.6 is 23.2 Å². The van der Waals surface area contributed by atoms with E-state index in [2.05, 4.69) is 16.9 Å². The topological polar surface area (TPSA) is 38.1 Å². The van der Waals surface area contributed by atoms with E-state index in [0.29, 0.717) is 11.6 Å². The van der Waals surface area contributed by atoms with Gasteiger partial charge < -0.3 is 4.90 Å². The van der Waals surface area contributed by atoms with Gasteiger partial charge in [-0.2, -0.15) is 5.10 Å². The molecule has 0 radical (unpaired) electrons. The van der Waals surface area contributed by atoms with Crippen LogP contribution in [0, 0.1) is 5.92 Å². The van der Waals surface area contributed by atoms with Gasteiger partial charge >= 0.3 is 0 Å². The maximum absolute atomic E-state index is 12.5. The minimum absolute atomic E-state index is 0.252. The number of hydrogen-bond donors (Lipinski definition) is 0. The molecule has 1 aliphatic heterocycles. The predicted octanol–water partition coefficient (Wildman–Crippen LogP) is 3.83. The van der Waals surface area contributed by atoms with E-state index in [1.165, 1.54) is 4.68 Å². The second kappa shape index (κ2) is 6.93. The van der Waals surface area contributed by atoms with Crippen molar-refractivity contribution in [3.05, 3.63) is 56.4 Å². The molecule has 1 aromatic heterocycles. The third-order valence-corrected chi connectivity index (χ3v) is 4.94. The molecule has 2 heterocycles. The van der Waals surface area contributed by atoms with Crippen molar-refractivity contribution in [2.75, 3.05) is 18.0 Å². The zero-order chi connectivity index (χ0) is 16.4. The molecular formula is C17H19Cl2N3O. The summed E-state index contributed by atoms with van der Waals surface area (Å²) in [4.78, 5) is 14.6. The van der Waals surface area contributed by atoms with Gasteiger partial charge in [0, 0.05) is 18.1 Å². The Kier molecular flexibility index (Phi) is 4.93. The molecule has 0 spiro atoms. The van der Waals surface area contributed by atoms with Gasteiger partial charge in [0.1, 0.15) is 5.02 Å². The van der Waals surface area contributed by atoms with E-state index >= 15 is 0 Å². The highest BCUT2D eigenvalue weighted by Gasteiger charge is 2.20. The van der Waals surface area contributed by atoms with Gasteiger partial charge in [-0.3, -0.25) is 4.79 Å². The molecule has 0 amide bonds. The number of hydrogen-bond acceptors (Lipinski definition) is 3. The highest BCUT2D eigenvalue weighted by molar-refractivity contribution is 6.33. The van der Waals surface area contributed by atoms with Crippen molar-refractivity contribution >= 4 is 28.9 Å². The van der Waals surface area contributed by atoms with Gasteiger partial charge in [-0.15, -0.1) is 0 Å². The van der Waals surface area contributed by atoms with Gasteiger partial charge in [-0.25, -0.2) is 4.68 Å². The molecule has 23 heavy (non-hydrogen) atoms. The lowest BCUT2D eigenvalue weighted by Crippen LogP contribution is -2.35. The van der Waals surface area contributed by atoms with Crippen molar-refractivity contribution in [3.63, 3.8) is 0 Å². The summed E-state index contributed by atoms with van der Waals surface area (Å²) in [5.74, 6) is 0.725. The summed E-state index contributed by atoms with van der Waals surface area (Å²) < 4.78 is 1.39. The number of halogens is 2. The van der Waals surface area contributed by atoms with Gasteiger partial charge in [-0.1, -0.05) is 42.3 Å². The molecule has 1 fully saturated rings. The van der Waals surface area contributed by atoms with E-state index in [9.17, 15) is 4.79 Å². The van der Waals surface area contributed by atoms with Gasteiger partial charge in [0.25, 0.3) is 5.56 Å². The zero-order valence-electron chi connectivity index (χ0n) is 13.0. The maximum atomic E-state index is 12.5. The summed E-state index contributed by atoms with van der Waals surface area (Å²) in [7, 11) is 0. The first kappa shape index (κ1) is 16.3. The number of nitrogens with zero attached hydrogens (tertiary/aromatic N) is 3. The first-order valence-electron chi connectivity index (χ1n) is 7.79. The molecule has 6 heteroatoms. The average molecular weight is 352 g/mol. The SMILES string of the molecule is CC1CCN(c2cnn(Cc3ccc(Cl)cc3)c(=O)c2Cl)CC1. The van der Waals surface area contributed by atoms with Crippen molar-refractivity contribution in [2.45, 2.75) is 26.3 Å². The Labute approximate surface area is 145 Å². The Morgan fingerprint density at radius 3 is 2.48 bits per heavy atom. The number of aromatic nitrogens is 2. The second-order valence-electron chi connectivity index (χ2n) is 6.10. The minimum Gasteiger partial charge on any atom is -0.369 e. The van der Waals surface area contributed by atoms with E-state index < -0.39 is 0 Å². The molecule has 1 aromatic carbocycles. The van der Waals surface area contributed by atoms with Crippen LogP contribution in [0.25, 0.3) is 0 Å². The van der Waals surface area contributed by atoms with Crippen LogP contribution in [-0.2, 0) is 6.54 Å². The number of rotatable bonds is 3. The highest BCUT2D eigenvalue weighted by atomic mass is 35.5. The highest BCUT2D eigenvalue weighted by Crippen LogP contribution is 2.26. The van der Waals surface area contributed by atoms with Gasteiger partial charge in [-0.05, 0) is 36.5 Å². The van der Waals surface area contributed by atoms with Crippen LogP contribution < -0.4 is 10.5 Å². The van der Waals surface area contributed by atoms with Crippen LogP contribution in [0.15, 0.2) is 35.3 Å². The molecular weight excluding hydrogens is 333 g/mol. The molecule has 0 saturated carbocycles. The number of benzene rings is 1. The maximum Gasteiger partial charge on any atom is 0.287 e. The van der Waals surface area contributed by atoms with E-state index in [4.69, 9.17) is 23.2 Å². The second-order valence-corrected chi connectivity index (χ2v) is 6.92. The standard InChI is InChI=1S/C17H19Cl2N3O/c1-12-6-8-21(9-7-12)15-10-20-22(17(23)16(15)19)11-13-2-4-14(18)5-3-13/h2-5,10,12H,6-9,11H2,1H3. The molecule has 122 valence electrons. The summed E-state index contributed by atoms with van der Waals surface area (Å²) >= 11 is 12.2. The van der Waals surface area contributed by atoms with Crippen LogP contribution in [0.3, 0.4) is 0 Å². The first-order valence-corrected chi connectivity index (χ1v) is 8.55. The molecule has 3 rings (SSSR count). The largest absolute Gasteiger partial charge is 0.369 e. The van der Waals surface area contributed by atoms with Crippen molar-refractivity contribution in [2.24, 2.45) is 5.92 Å².